The van der Waals surface area contributed by atoms with E-state index in [0.29, 0.717) is 13.0 Å². The third-order valence-corrected chi connectivity index (χ3v) is 3.57. The molecule has 0 unspecified atom stereocenters. The molecule has 3 aromatic rings. The fraction of sp³-hybridized carbons (Fsp3) is 0.167. The maximum Gasteiger partial charge on any atom is 0.416 e. The second kappa shape index (κ2) is 7.90. The van der Waals surface area contributed by atoms with E-state index in [0.717, 1.165) is 17.7 Å². The van der Waals surface area contributed by atoms with Crippen LogP contribution in [-0.2, 0) is 12.6 Å². The number of aromatic nitrogens is 2. The second-order valence-electron chi connectivity index (χ2n) is 5.54. The molecule has 3 rings (SSSR count). The Hall–Kier alpha value is -3.36. The molecular formula is C18H14F3N3O3. The van der Waals surface area contributed by atoms with Gasteiger partial charge in [-0.15, -0.1) is 0 Å². The normalized spacial score (nSPS) is 11.2. The summed E-state index contributed by atoms with van der Waals surface area (Å²) in [6.45, 7) is 0.322. The van der Waals surface area contributed by atoms with Gasteiger partial charge in [-0.3, -0.25) is 4.98 Å². The van der Waals surface area contributed by atoms with Gasteiger partial charge in [-0.1, -0.05) is 18.2 Å². The number of ether oxygens (including phenoxy) is 1. The summed E-state index contributed by atoms with van der Waals surface area (Å²) in [4.78, 5) is 15.7. The highest BCUT2D eigenvalue weighted by atomic mass is 19.4. The Balaban J connectivity index is 1.57. The number of carbonyl (C=O) groups is 1. The minimum Gasteiger partial charge on any atom is -0.388 e. The quantitative estimate of drug-likeness (QED) is 0.725. The number of halogens is 3. The van der Waals surface area contributed by atoms with Crippen molar-refractivity contribution >= 4 is 6.09 Å². The largest absolute Gasteiger partial charge is 0.416 e. The topological polar surface area (TPSA) is 77.2 Å². The first-order valence-electron chi connectivity index (χ1n) is 7.91. The van der Waals surface area contributed by atoms with Crippen LogP contribution in [0.3, 0.4) is 0 Å². The molecule has 0 radical (unpaired) electrons. The highest BCUT2D eigenvalue weighted by Gasteiger charge is 2.30. The Labute approximate surface area is 152 Å². The van der Waals surface area contributed by atoms with E-state index >= 15 is 0 Å². The van der Waals surface area contributed by atoms with Crippen LogP contribution in [0, 0.1) is 0 Å². The Morgan fingerprint density at radius 1 is 1.19 bits per heavy atom. The smallest absolute Gasteiger partial charge is 0.388 e. The Kier molecular flexibility index (Phi) is 5.39. The lowest BCUT2D eigenvalue weighted by Crippen LogP contribution is -2.28. The SMILES string of the molecule is O=C(NCCc1cccnc1)Oc1cc(-c2cccc(C(F)(F)F)c2)on1. The number of nitrogens with zero attached hydrogens (tertiary/aromatic N) is 2. The van der Waals surface area contributed by atoms with Gasteiger partial charge in [-0.2, -0.15) is 13.2 Å². The van der Waals surface area contributed by atoms with E-state index in [4.69, 9.17) is 9.26 Å². The van der Waals surface area contributed by atoms with E-state index in [1.807, 2.05) is 6.07 Å². The van der Waals surface area contributed by atoms with Gasteiger partial charge in [-0.05, 0) is 35.3 Å². The number of hydrogen-bond acceptors (Lipinski definition) is 5. The molecule has 0 saturated heterocycles. The second-order valence-corrected chi connectivity index (χ2v) is 5.54. The average molecular weight is 377 g/mol. The fourth-order valence-electron chi connectivity index (χ4n) is 2.28. The molecule has 9 heteroatoms. The Morgan fingerprint density at radius 2 is 2.04 bits per heavy atom. The van der Waals surface area contributed by atoms with Crippen LogP contribution in [0.15, 0.2) is 59.4 Å². The molecule has 0 aliphatic rings. The van der Waals surface area contributed by atoms with Gasteiger partial charge in [0, 0.05) is 24.5 Å². The molecule has 0 spiro atoms. The van der Waals surface area contributed by atoms with Gasteiger partial charge in [0.2, 0.25) is 0 Å². The molecule has 1 N–H and O–H groups in total. The number of rotatable bonds is 5. The van der Waals surface area contributed by atoms with Crippen molar-refractivity contribution in [2.75, 3.05) is 6.54 Å². The number of nitrogens with one attached hydrogen (secondary N) is 1. The van der Waals surface area contributed by atoms with Gasteiger partial charge in [-0.25, -0.2) is 4.79 Å². The monoisotopic (exact) mass is 377 g/mol. The number of carbonyl (C=O) groups excluding carboxylic acids is 1. The summed E-state index contributed by atoms with van der Waals surface area (Å²) in [6, 6.07) is 9.48. The van der Waals surface area contributed by atoms with Gasteiger partial charge >= 0.3 is 12.3 Å². The van der Waals surface area contributed by atoms with Gasteiger partial charge in [0.25, 0.3) is 5.88 Å². The zero-order valence-corrected chi connectivity index (χ0v) is 13.9. The zero-order chi connectivity index (χ0) is 19.3. The molecule has 1 amide bonds. The van der Waals surface area contributed by atoms with Crippen LogP contribution in [0.2, 0.25) is 0 Å². The van der Waals surface area contributed by atoms with E-state index < -0.39 is 17.8 Å². The molecule has 0 fully saturated rings. The fourth-order valence-corrected chi connectivity index (χ4v) is 2.28. The van der Waals surface area contributed by atoms with Gasteiger partial charge in [0.05, 0.1) is 11.6 Å². The predicted molar refractivity (Wildman–Crippen MR) is 88.9 cm³/mol. The summed E-state index contributed by atoms with van der Waals surface area (Å²) in [5.41, 5.74) is 0.308. The molecule has 140 valence electrons. The van der Waals surface area contributed by atoms with Crippen LogP contribution < -0.4 is 10.1 Å². The van der Waals surface area contributed by atoms with Crippen molar-refractivity contribution in [1.82, 2.24) is 15.5 Å². The van der Waals surface area contributed by atoms with Crippen LogP contribution >= 0.6 is 0 Å². The van der Waals surface area contributed by atoms with E-state index in [1.54, 1.807) is 18.5 Å². The summed E-state index contributed by atoms with van der Waals surface area (Å²) < 4.78 is 48.2. The molecule has 0 atom stereocenters. The van der Waals surface area contributed by atoms with Crippen molar-refractivity contribution in [2.45, 2.75) is 12.6 Å². The van der Waals surface area contributed by atoms with Crippen LogP contribution in [0.25, 0.3) is 11.3 Å². The number of pyridine rings is 1. The van der Waals surface area contributed by atoms with Crippen molar-refractivity contribution in [3.8, 4) is 17.2 Å². The van der Waals surface area contributed by atoms with Crippen LogP contribution in [0.5, 0.6) is 5.88 Å². The van der Waals surface area contributed by atoms with E-state index in [2.05, 4.69) is 15.5 Å². The number of alkyl halides is 3. The molecule has 0 bridgehead atoms. The lowest BCUT2D eigenvalue weighted by Gasteiger charge is -2.06. The van der Waals surface area contributed by atoms with E-state index in [9.17, 15) is 18.0 Å². The van der Waals surface area contributed by atoms with Gasteiger partial charge in [0.1, 0.15) is 0 Å². The molecule has 0 aliphatic carbocycles. The molecular weight excluding hydrogens is 363 g/mol. The molecule has 0 aliphatic heterocycles. The average Bonchev–Trinajstić information content (AvgIpc) is 3.10. The molecule has 1 aromatic carbocycles. The molecule has 2 aromatic heterocycles. The number of hydrogen-bond donors (Lipinski definition) is 1. The van der Waals surface area contributed by atoms with Crippen molar-refractivity contribution in [1.29, 1.82) is 0 Å². The van der Waals surface area contributed by atoms with Gasteiger partial charge in [0.15, 0.2) is 5.76 Å². The van der Waals surface area contributed by atoms with Crippen molar-refractivity contribution in [3.63, 3.8) is 0 Å². The third-order valence-electron chi connectivity index (χ3n) is 3.57. The first-order valence-corrected chi connectivity index (χ1v) is 7.91. The summed E-state index contributed by atoms with van der Waals surface area (Å²) in [5.74, 6) is -0.0967. The minimum absolute atomic E-state index is 0.0549. The third kappa shape index (κ3) is 5.06. The summed E-state index contributed by atoms with van der Waals surface area (Å²) in [5, 5.41) is 6.08. The lowest BCUT2D eigenvalue weighted by molar-refractivity contribution is -0.137. The van der Waals surface area contributed by atoms with Crippen LogP contribution in [0.1, 0.15) is 11.1 Å². The Morgan fingerprint density at radius 3 is 2.78 bits per heavy atom. The molecule has 0 saturated carbocycles. The molecule has 27 heavy (non-hydrogen) atoms. The standard InChI is InChI=1S/C18H14F3N3O3/c19-18(20,21)14-5-1-4-13(9-14)15-10-16(24-27-15)26-17(25)23-8-6-12-3-2-7-22-11-12/h1-5,7,9-11H,6,8H2,(H,23,25). The van der Waals surface area contributed by atoms with E-state index in [-0.39, 0.29) is 17.2 Å². The lowest BCUT2D eigenvalue weighted by atomic mass is 10.1. The first kappa shape index (κ1) is 18.4. The van der Waals surface area contributed by atoms with Crippen molar-refractivity contribution in [3.05, 3.63) is 66.0 Å². The highest BCUT2D eigenvalue weighted by Crippen LogP contribution is 2.32. The Bertz CT molecular complexity index is 911. The zero-order valence-electron chi connectivity index (χ0n) is 13.9. The van der Waals surface area contributed by atoms with Crippen molar-refractivity contribution < 1.29 is 27.2 Å². The molecule has 2 heterocycles. The summed E-state index contributed by atoms with van der Waals surface area (Å²) in [7, 11) is 0. The summed E-state index contributed by atoms with van der Waals surface area (Å²) in [6.07, 6.45) is -1.31. The predicted octanol–water partition coefficient (Wildman–Crippen LogP) is 4.09. The van der Waals surface area contributed by atoms with Crippen LogP contribution in [-0.4, -0.2) is 22.8 Å². The van der Waals surface area contributed by atoms with Crippen molar-refractivity contribution in [2.24, 2.45) is 0 Å². The first-order chi connectivity index (χ1) is 12.9. The maximum absolute atomic E-state index is 12.8. The summed E-state index contributed by atoms with van der Waals surface area (Å²) >= 11 is 0. The minimum atomic E-state index is -4.47. The van der Waals surface area contributed by atoms with Crippen LogP contribution in [0.4, 0.5) is 18.0 Å². The number of benzene rings is 1. The number of amides is 1. The molecule has 6 nitrogen and oxygen atoms in total. The highest BCUT2D eigenvalue weighted by molar-refractivity contribution is 5.70. The van der Waals surface area contributed by atoms with E-state index in [1.165, 1.54) is 18.2 Å². The van der Waals surface area contributed by atoms with Gasteiger partial charge < -0.3 is 14.6 Å². The maximum atomic E-state index is 12.8.